The Morgan fingerprint density at radius 2 is 2.00 bits per heavy atom. The Bertz CT molecular complexity index is 957. The van der Waals surface area contributed by atoms with E-state index in [0.717, 1.165) is 32.6 Å². The Morgan fingerprint density at radius 1 is 1.26 bits per heavy atom. The van der Waals surface area contributed by atoms with Gasteiger partial charge in [0.25, 0.3) is 5.91 Å². The number of nitrogens with zero attached hydrogens (tertiary/aromatic N) is 1. The molecule has 0 fully saturated rings. The number of hydrogen-bond donors (Lipinski definition) is 1. The number of amides is 1. The number of ether oxygens (including phenoxy) is 1. The van der Waals surface area contributed by atoms with E-state index >= 15 is 0 Å². The van der Waals surface area contributed by atoms with Crippen LogP contribution < -0.4 is 10.1 Å². The summed E-state index contributed by atoms with van der Waals surface area (Å²) in [6, 6.07) is 13.2. The van der Waals surface area contributed by atoms with E-state index in [9.17, 15) is 4.79 Å². The molecule has 1 heterocycles. The number of carbonyl (C=O) groups excluding carboxylic acids is 1. The summed E-state index contributed by atoms with van der Waals surface area (Å²) in [5, 5.41) is 4.04. The summed E-state index contributed by atoms with van der Waals surface area (Å²) in [4.78, 5) is 17.8. The van der Waals surface area contributed by atoms with Crippen molar-refractivity contribution in [1.29, 1.82) is 0 Å². The van der Waals surface area contributed by atoms with Crippen LogP contribution in [0.25, 0.3) is 11.3 Å². The Hall–Kier alpha value is -1.89. The minimum Gasteiger partial charge on any atom is -0.483 e. The lowest BCUT2D eigenvalue weighted by Crippen LogP contribution is -2.20. The van der Waals surface area contributed by atoms with Gasteiger partial charge in [0.15, 0.2) is 11.7 Å². The van der Waals surface area contributed by atoms with E-state index in [-0.39, 0.29) is 12.5 Å². The Morgan fingerprint density at radius 3 is 2.70 bits per heavy atom. The maximum Gasteiger partial charge on any atom is 0.264 e. The van der Waals surface area contributed by atoms with Gasteiger partial charge in [0.2, 0.25) is 0 Å². The standard InChI is InChI=1S/C20H18BrClN2O2S/c1-3-13-10-15(21)6-9-17(13)26-11-18(25)23-20-24-19(12(2)27-20)14-4-7-16(22)8-5-14/h4-10H,3,11H2,1-2H3,(H,23,24,25). The monoisotopic (exact) mass is 464 g/mol. The first-order chi connectivity index (χ1) is 13.0. The summed E-state index contributed by atoms with van der Waals surface area (Å²) in [5.74, 6) is 0.476. The van der Waals surface area contributed by atoms with Crippen LogP contribution in [0.2, 0.25) is 5.02 Å². The van der Waals surface area contributed by atoms with Crippen LogP contribution in [0.15, 0.2) is 46.9 Å². The highest BCUT2D eigenvalue weighted by Gasteiger charge is 2.13. The van der Waals surface area contributed by atoms with Gasteiger partial charge in [-0.05, 0) is 49.2 Å². The third-order valence-corrected chi connectivity index (χ3v) is 5.55. The fourth-order valence-electron chi connectivity index (χ4n) is 2.59. The van der Waals surface area contributed by atoms with Gasteiger partial charge in [-0.2, -0.15) is 0 Å². The third-order valence-electron chi connectivity index (χ3n) is 3.92. The molecule has 7 heteroatoms. The van der Waals surface area contributed by atoms with Crippen LogP contribution in [0.3, 0.4) is 0 Å². The first kappa shape index (κ1) is 19.9. The molecule has 0 spiro atoms. The molecule has 140 valence electrons. The van der Waals surface area contributed by atoms with Gasteiger partial charge >= 0.3 is 0 Å². The summed E-state index contributed by atoms with van der Waals surface area (Å²) >= 11 is 10.8. The molecule has 0 aliphatic heterocycles. The van der Waals surface area contributed by atoms with Crippen molar-refractivity contribution in [3.05, 3.63) is 62.4 Å². The van der Waals surface area contributed by atoms with Crippen molar-refractivity contribution in [3.63, 3.8) is 0 Å². The van der Waals surface area contributed by atoms with E-state index in [1.54, 1.807) is 0 Å². The zero-order chi connectivity index (χ0) is 19.4. The predicted molar refractivity (Wildman–Crippen MR) is 115 cm³/mol. The Kier molecular flexibility index (Phi) is 6.52. The van der Waals surface area contributed by atoms with E-state index in [4.69, 9.17) is 16.3 Å². The predicted octanol–water partition coefficient (Wildman–Crippen LogP) is 6.11. The van der Waals surface area contributed by atoms with Crippen molar-refractivity contribution in [2.45, 2.75) is 20.3 Å². The van der Waals surface area contributed by atoms with Crippen LogP contribution in [0, 0.1) is 6.92 Å². The number of nitrogens with one attached hydrogen (secondary N) is 1. The van der Waals surface area contributed by atoms with Gasteiger partial charge in [0, 0.05) is 19.9 Å². The van der Waals surface area contributed by atoms with Crippen LogP contribution in [-0.4, -0.2) is 17.5 Å². The fraction of sp³-hybridized carbons (Fsp3) is 0.200. The molecule has 0 saturated heterocycles. The van der Waals surface area contributed by atoms with Gasteiger partial charge in [-0.25, -0.2) is 4.98 Å². The van der Waals surface area contributed by atoms with E-state index in [2.05, 4.69) is 26.2 Å². The molecule has 0 unspecified atom stereocenters. The SMILES string of the molecule is CCc1cc(Br)ccc1OCC(=O)Nc1nc(-c2ccc(Cl)cc2)c(C)s1. The molecule has 1 N–H and O–H groups in total. The molecule has 3 aromatic rings. The Labute approximate surface area is 175 Å². The molecule has 0 saturated carbocycles. The number of halogens is 2. The summed E-state index contributed by atoms with van der Waals surface area (Å²) in [6.45, 7) is 3.96. The molecular formula is C20H18BrClN2O2S. The maximum absolute atomic E-state index is 12.3. The highest BCUT2D eigenvalue weighted by Crippen LogP contribution is 2.31. The molecule has 1 amide bonds. The number of carbonyl (C=O) groups is 1. The normalized spacial score (nSPS) is 10.7. The highest BCUT2D eigenvalue weighted by atomic mass is 79.9. The van der Waals surface area contributed by atoms with Gasteiger partial charge in [-0.15, -0.1) is 11.3 Å². The number of hydrogen-bond acceptors (Lipinski definition) is 4. The molecule has 0 bridgehead atoms. The minimum absolute atomic E-state index is 0.0659. The summed E-state index contributed by atoms with van der Waals surface area (Å²) in [5.41, 5.74) is 2.86. The molecule has 0 atom stereocenters. The number of benzene rings is 2. The molecule has 1 aromatic heterocycles. The van der Waals surface area contributed by atoms with Crippen LogP contribution in [-0.2, 0) is 11.2 Å². The maximum atomic E-state index is 12.3. The first-order valence-electron chi connectivity index (χ1n) is 8.40. The molecular weight excluding hydrogens is 448 g/mol. The number of rotatable bonds is 6. The van der Waals surface area contributed by atoms with E-state index < -0.39 is 0 Å². The third kappa shape index (κ3) is 5.09. The second-order valence-electron chi connectivity index (χ2n) is 5.87. The second-order valence-corrected chi connectivity index (χ2v) is 8.43. The minimum atomic E-state index is -0.239. The topological polar surface area (TPSA) is 51.2 Å². The van der Waals surface area contributed by atoms with E-state index in [1.807, 2.05) is 56.3 Å². The van der Waals surface area contributed by atoms with Crippen LogP contribution in [0.5, 0.6) is 5.75 Å². The first-order valence-corrected chi connectivity index (χ1v) is 10.4. The molecule has 27 heavy (non-hydrogen) atoms. The molecule has 4 nitrogen and oxygen atoms in total. The Balaban J connectivity index is 1.65. The molecule has 3 rings (SSSR count). The number of thiazole rings is 1. The molecule has 0 aliphatic carbocycles. The number of anilines is 1. The van der Waals surface area contributed by atoms with Gasteiger partial charge in [0.05, 0.1) is 5.69 Å². The van der Waals surface area contributed by atoms with Gasteiger partial charge in [0.1, 0.15) is 5.75 Å². The van der Waals surface area contributed by atoms with Gasteiger partial charge in [-0.3, -0.25) is 10.1 Å². The highest BCUT2D eigenvalue weighted by molar-refractivity contribution is 9.10. The quantitative estimate of drug-likeness (QED) is 0.477. The lowest BCUT2D eigenvalue weighted by atomic mass is 10.1. The lowest BCUT2D eigenvalue weighted by Gasteiger charge is -2.10. The summed E-state index contributed by atoms with van der Waals surface area (Å²) in [6.07, 6.45) is 0.826. The lowest BCUT2D eigenvalue weighted by molar-refractivity contribution is -0.118. The largest absolute Gasteiger partial charge is 0.483 e. The van der Waals surface area contributed by atoms with E-state index in [0.29, 0.717) is 15.9 Å². The van der Waals surface area contributed by atoms with Crippen molar-refractivity contribution in [1.82, 2.24) is 4.98 Å². The molecule has 0 radical (unpaired) electrons. The average Bonchev–Trinajstić information content (AvgIpc) is 3.01. The number of aryl methyl sites for hydroxylation is 2. The van der Waals surface area contributed by atoms with Gasteiger partial charge < -0.3 is 4.74 Å². The van der Waals surface area contributed by atoms with E-state index in [1.165, 1.54) is 11.3 Å². The summed E-state index contributed by atoms with van der Waals surface area (Å²) in [7, 11) is 0. The average molecular weight is 466 g/mol. The number of aromatic nitrogens is 1. The van der Waals surface area contributed by atoms with Crippen molar-refractivity contribution in [2.75, 3.05) is 11.9 Å². The van der Waals surface area contributed by atoms with Crippen LogP contribution in [0.1, 0.15) is 17.4 Å². The van der Waals surface area contributed by atoms with Crippen LogP contribution in [0.4, 0.5) is 5.13 Å². The smallest absolute Gasteiger partial charge is 0.264 e. The van der Waals surface area contributed by atoms with Crippen molar-refractivity contribution in [2.24, 2.45) is 0 Å². The van der Waals surface area contributed by atoms with Crippen LogP contribution >= 0.6 is 38.9 Å². The zero-order valence-electron chi connectivity index (χ0n) is 14.9. The van der Waals surface area contributed by atoms with Crippen molar-refractivity contribution in [3.8, 4) is 17.0 Å². The van der Waals surface area contributed by atoms with Crippen molar-refractivity contribution >= 4 is 49.9 Å². The summed E-state index contributed by atoms with van der Waals surface area (Å²) < 4.78 is 6.67. The molecule has 0 aliphatic rings. The van der Waals surface area contributed by atoms with Crippen molar-refractivity contribution < 1.29 is 9.53 Å². The zero-order valence-corrected chi connectivity index (χ0v) is 18.0. The van der Waals surface area contributed by atoms with Gasteiger partial charge in [-0.1, -0.05) is 46.6 Å². The fourth-order valence-corrected chi connectivity index (χ4v) is 3.98. The second kappa shape index (κ2) is 8.87. The molecule has 2 aromatic carbocycles.